The van der Waals surface area contributed by atoms with Gasteiger partial charge in [-0.1, -0.05) is 24.8 Å². The van der Waals surface area contributed by atoms with Crippen molar-refractivity contribution in [3.63, 3.8) is 0 Å². The highest BCUT2D eigenvalue weighted by Gasteiger charge is 1.98. The summed E-state index contributed by atoms with van der Waals surface area (Å²) in [6.45, 7) is 7.73. The van der Waals surface area contributed by atoms with Crippen molar-refractivity contribution in [2.45, 2.75) is 13.8 Å². The fourth-order valence-corrected chi connectivity index (χ4v) is 1.24. The van der Waals surface area contributed by atoms with Gasteiger partial charge < -0.3 is 4.57 Å². The zero-order chi connectivity index (χ0) is 9.68. The van der Waals surface area contributed by atoms with Gasteiger partial charge in [-0.05, 0) is 19.4 Å². The van der Waals surface area contributed by atoms with Crippen molar-refractivity contribution in [1.29, 1.82) is 0 Å². The van der Waals surface area contributed by atoms with Crippen molar-refractivity contribution in [2.24, 2.45) is 0 Å². The van der Waals surface area contributed by atoms with E-state index in [1.165, 1.54) is 5.57 Å². The topological polar surface area (TPSA) is 17.8 Å². The van der Waals surface area contributed by atoms with Crippen LogP contribution in [0.5, 0.6) is 0 Å². The summed E-state index contributed by atoms with van der Waals surface area (Å²) < 4.78 is 1.98. The highest BCUT2D eigenvalue weighted by molar-refractivity contribution is 5.63. The molecule has 0 amide bonds. The van der Waals surface area contributed by atoms with E-state index in [1.807, 2.05) is 23.8 Å². The molecule has 0 aliphatic carbocycles. The van der Waals surface area contributed by atoms with Crippen LogP contribution in [0.3, 0.4) is 0 Å². The summed E-state index contributed by atoms with van der Waals surface area (Å²) in [7, 11) is 0. The molecular weight excluding hydrogens is 160 g/mol. The van der Waals surface area contributed by atoms with E-state index in [4.69, 9.17) is 0 Å². The van der Waals surface area contributed by atoms with Gasteiger partial charge in [-0.15, -0.1) is 0 Å². The Bertz CT molecular complexity index is 329. The molecule has 0 spiro atoms. The largest absolute Gasteiger partial charge is 0.306 e. The smallest absolute Gasteiger partial charge is 0.0991 e. The molecule has 0 saturated carbocycles. The lowest BCUT2D eigenvalue weighted by atomic mass is 10.2. The van der Waals surface area contributed by atoms with E-state index in [9.17, 15) is 0 Å². The van der Waals surface area contributed by atoms with Gasteiger partial charge in [-0.2, -0.15) is 0 Å². The molecule has 0 aliphatic rings. The summed E-state index contributed by atoms with van der Waals surface area (Å²) in [5.41, 5.74) is 2.31. The molecular formula is C11H14N2. The quantitative estimate of drug-likeness (QED) is 0.644. The Kier molecular flexibility index (Phi) is 3.26. The molecule has 0 aromatic carbocycles. The second kappa shape index (κ2) is 4.45. The van der Waals surface area contributed by atoms with E-state index in [-0.39, 0.29) is 0 Å². The van der Waals surface area contributed by atoms with Crippen LogP contribution in [0.25, 0.3) is 5.70 Å². The number of hydrogen-bond donors (Lipinski definition) is 0. The molecule has 1 rings (SSSR count). The zero-order valence-electron chi connectivity index (χ0n) is 8.07. The number of allylic oxidation sites excluding steroid dienone is 5. The minimum atomic E-state index is 1.14. The van der Waals surface area contributed by atoms with E-state index in [0.29, 0.717) is 0 Å². The maximum absolute atomic E-state index is 4.00. The van der Waals surface area contributed by atoms with Gasteiger partial charge in [0.1, 0.15) is 0 Å². The zero-order valence-corrected chi connectivity index (χ0v) is 8.07. The Labute approximate surface area is 78.9 Å². The first-order chi connectivity index (χ1) is 6.29. The molecule has 0 fully saturated rings. The molecule has 68 valence electrons. The molecule has 0 unspecified atom stereocenters. The Balaban J connectivity index is 3.01. The monoisotopic (exact) mass is 174 g/mol. The van der Waals surface area contributed by atoms with Crippen LogP contribution in [0, 0.1) is 0 Å². The SMILES string of the molecule is C=C/C=C(C)\C(=C/C)n1ccnc1. The van der Waals surface area contributed by atoms with Crippen LogP contribution in [0.4, 0.5) is 0 Å². The third-order valence-electron chi connectivity index (χ3n) is 1.83. The van der Waals surface area contributed by atoms with Crippen molar-refractivity contribution in [3.8, 4) is 0 Å². The summed E-state index contributed by atoms with van der Waals surface area (Å²) in [5.74, 6) is 0. The highest BCUT2D eigenvalue weighted by atomic mass is 15.0. The molecule has 0 N–H and O–H groups in total. The molecule has 0 atom stereocenters. The fourth-order valence-electron chi connectivity index (χ4n) is 1.24. The van der Waals surface area contributed by atoms with Gasteiger partial charge >= 0.3 is 0 Å². The van der Waals surface area contributed by atoms with Crippen LogP contribution < -0.4 is 0 Å². The number of hydrogen-bond acceptors (Lipinski definition) is 1. The summed E-state index contributed by atoms with van der Waals surface area (Å²) in [6.07, 6.45) is 11.3. The summed E-state index contributed by atoms with van der Waals surface area (Å²) in [6, 6.07) is 0. The van der Waals surface area contributed by atoms with E-state index in [1.54, 1.807) is 18.6 Å². The second-order valence-corrected chi connectivity index (χ2v) is 2.73. The maximum atomic E-state index is 4.00. The van der Waals surface area contributed by atoms with Crippen molar-refractivity contribution in [3.05, 3.63) is 49.1 Å². The Morgan fingerprint density at radius 2 is 2.31 bits per heavy atom. The highest BCUT2D eigenvalue weighted by Crippen LogP contribution is 2.14. The van der Waals surface area contributed by atoms with Gasteiger partial charge in [0.05, 0.1) is 6.33 Å². The standard InChI is InChI=1S/C11H14N2/c1-4-6-10(3)11(5-2)13-8-7-12-9-13/h4-9H,1H2,2-3H3/b10-6-,11-5+. The van der Waals surface area contributed by atoms with Crippen LogP contribution in [0.1, 0.15) is 13.8 Å². The van der Waals surface area contributed by atoms with Crippen molar-refractivity contribution >= 4 is 5.70 Å². The molecule has 0 aliphatic heterocycles. The Hall–Kier alpha value is -1.57. The Morgan fingerprint density at radius 3 is 2.77 bits per heavy atom. The third-order valence-corrected chi connectivity index (χ3v) is 1.83. The molecule has 1 heterocycles. The third kappa shape index (κ3) is 2.18. The molecule has 0 radical (unpaired) electrons. The fraction of sp³-hybridized carbons (Fsp3) is 0.182. The number of aromatic nitrogens is 2. The summed E-state index contributed by atoms with van der Waals surface area (Å²) in [5, 5.41) is 0. The average molecular weight is 174 g/mol. The molecule has 13 heavy (non-hydrogen) atoms. The number of rotatable bonds is 3. The van der Waals surface area contributed by atoms with E-state index < -0.39 is 0 Å². The average Bonchev–Trinajstić information content (AvgIpc) is 2.59. The van der Waals surface area contributed by atoms with Gasteiger partial charge in [0.25, 0.3) is 0 Å². The van der Waals surface area contributed by atoms with Gasteiger partial charge in [-0.3, -0.25) is 0 Å². The van der Waals surface area contributed by atoms with E-state index in [0.717, 1.165) is 5.70 Å². The van der Waals surface area contributed by atoms with Gasteiger partial charge in [0.15, 0.2) is 0 Å². The molecule has 1 aromatic rings. The first-order valence-electron chi connectivity index (χ1n) is 4.24. The first-order valence-corrected chi connectivity index (χ1v) is 4.24. The molecule has 1 aromatic heterocycles. The van der Waals surface area contributed by atoms with E-state index in [2.05, 4.69) is 24.6 Å². The minimum Gasteiger partial charge on any atom is -0.306 e. The van der Waals surface area contributed by atoms with Gasteiger partial charge in [0, 0.05) is 18.1 Å². The normalized spacial score (nSPS) is 13.1. The van der Waals surface area contributed by atoms with E-state index >= 15 is 0 Å². The number of nitrogens with zero attached hydrogens (tertiary/aromatic N) is 2. The molecule has 0 bridgehead atoms. The molecule has 2 nitrogen and oxygen atoms in total. The van der Waals surface area contributed by atoms with Crippen LogP contribution in [-0.2, 0) is 0 Å². The van der Waals surface area contributed by atoms with Crippen LogP contribution in [0.2, 0.25) is 0 Å². The minimum absolute atomic E-state index is 1.14. The molecule has 2 heteroatoms. The maximum Gasteiger partial charge on any atom is 0.0991 e. The van der Waals surface area contributed by atoms with Crippen molar-refractivity contribution in [2.75, 3.05) is 0 Å². The van der Waals surface area contributed by atoms with Crippen LogP contribution >= 0.6 is 0 Å². The van der Waals surface area contributed by atoms with Crippen LogP contribution in [-0.4, -0.2) is 9.55 Å². The van der Waals surface area contributed by atoms with Crippen molar-refractivity contribution < 1.29 is 0 Å². The predicted octanol–water partition coefficient (Wildman–Crippen LogP) is 2.88. The molecule has 0 saturated heterocycles. The van der Waals surface area contributed by atoms with Gasteiger partial charge in [0.2, 0.25) is 0 Å². The lowest BCUT2D eigenvalue weighted by Gasteiger charge is -2.07. The van der Waals surface area contributed by atoms with Gasteiger partial charge in [-0.25, -0.2) is 4.98 Å². The number of imidazole rings is 1. The lowest BCUT2D eigenvalue weighted by molar-refractivity contribution is 1.07. The van der Waals surface area contributed by atoms with Crippen LogP contribution in [0.15, 0.2) is 49.1 Å². The summed E-state index contributed by atoms with van der Waals surface area (Å²) in [4.78, 5) is 4.00. The lowest BCUT2D eigenvalue weighted by Crippen LogP contribution is -1.94. The first kappa shape index (κ1) is 9.52. The van der Waals surface area contributed by atoms with Crippen molar-refractivity contribution in [1.82, 2.24) is 9.55 Å². The second-order valence-electron chi connectivity index (χ2n) is 2.73. The predicted molar refractivity (Wildman–Crippen MR) is 56.1 cm³/mol. The Morgan fingerprint density at radius 1 is 1.54 bits per heavy atom. The summed E-state index contributed by atoms with van der Waals surface area (Å²) >= 11 is 0.